The molecule has 0 aliphatic heterocycles. The Kier molecular flexibility index (Phi) is 6.95. The van der Waals surface area contributed by atoms with Crippen LogP contribution in [-0.4, -0.2) is 23.1 Å². The highest BCUT2D eigenvalue weighted by Crippen LogP contribution is 2.26. The van der Waals surface area contributed by atoms with E-state index < -0.39 is 10.8 Å². The van der Waals surface area contributed by atoms with E-state index in [1.807, 2.05) is 55.5 Å². The van der Waals surface area contributed by atoms with E-state index in [9.17, 15) is 14.9 Å². The minimum atomic E-state index is -0.569. The highest BCUT2D eigenvalue weighted by Gasteiger charge is 2.14. The minimum Gasteiger partial charge on any atom is -0.483 e. The molecule has 158 valence electrons. The van der Waals surface area contributed by atoms with Crippen molar-refractivity contribution in [2.75, 3.05) is 11.9 Å². The van der Waals surface area contributed by atoms with Crippen molar-refractivity contribution in [3.8, 4) is 11.5 Å². The Labute approximate surface area is 179 Å². The molecule has 0 aromatic heterocycles. The van der Waals surface area contributed by atoms with E-state index in [4.69, 9.17) is 9.57 Å². The molecule has 0 heterocycles. The molecule has 0 aliphatic carbocycles. The Morgan fingerprint density at radius 1 is 1.06 bits per heavy atom. The zero-order chi connectivity index (χ0) is 22.2. The lowest BCUT2D eigenvalue weighted by Gasteiger charge is -2.10. The van der Waals surface area contributed by atoms with Crippen LogP contribution in [0.4, 0.5) is 11.4 Å². The van der Waals surface area contributed by atoms with Gasteiger partial charge in [-0.3, -0.25) is 14.9 Å². The molecular formula is C23H21N3O5. The number of nitrogens with one attached hydrogen (secondary N) is 1. The predicted octanol–water partition coefficient (Wildman–Crippen LogP) is 4.72. The fourth-order valence-corrected chi connectivity index (χ4v) is 2.73. The highest BCUT2D eigenvalue weighted by atomic mass is 16.6. The number of nitro groups is 1. The summed E-state index contributed by atoms with van der Waals surface area (Å²) < 4.78 is 5.51. The van der Waals surface area contributed by atoms with Crippen molar-refractivity contribution in [1.29, 1.82) is 0 Å². The summed E-state index contributed by atoms with van der Waals surface area (Å²) in [5.41, 5.74) is 2.32. The molecule has 3 aromatic rings. The minimum absolute atomic E-state index is 0.125. The molecule has 0 bridgehead atoms. The molecule has 3 rings (SSSR count). The maximum Gasteiger partial charge on any atom is 0.275 e. The lowest BCUT2D eigenvalue weighted by atomic mass is 10.1. The molecule has 1 amide bonds. The quantitative estimate of drug-likeness (QED) is 0.323. The number of amides is 1. The number of anilines is 1. The lowest BCUT2D eigenvalue weighted by molar-refractivity contribution is -0.384. The van der Waals surface area contributed by atoms with Crippen LogP contribution in [0.1, 0.15) is 18.1 Å². The van der Waals surface area contributed by atoms with Gasteiger partial charge in [-0.05, 0) is 31.0 Å². The molecule has 0 fully saturated rings. The molecule has 0 radical (unpaired) electrons. The highest BCUT2D eigenvalue weighted by molar-refractivity contribution is 5.98. The molecule has 0 unspecified atom stereocenters. The number of nitrogens with zero attached hydrogens (tertiary/aromatic N) is 2. The second-order valence-electron chi connectivity index (χ2n) is 6.71. The number of ether oxygens (including phenoxy) is 1. The van der Waals surface area contributed by atoms with E-state index >= 15 is 0 Å². The van der Waals surface area contributed by atoms with Crippen molar-refractivity contribution >= 4 is 23.0 Å². The van der Waals surface area contributed by atoms with Crippen LogP contribution in [-0.2, 0) is 4.79 Å². The van der Waals surface area contributed by atoms with Gasteiger partial charge in [0.05, 0.1) is 22.4 Å². The van der Waals surface area contributed by atoms with Crippen LogP contribution in [0, 0.1) is 17.0 Å². The molecule has 1 N–H and O–H groups in total. The Balaban J connectivity index is 1.71. The summed E-state index contributed by atoms with van der Waals surface area (Å²) in [6.07, 6.45) is 0. The third-order valence-corrected chi connectivity index (χ3v) is 4.32. The molecule has 0 atom stereocenters. The fourth-order valence-electron chi connectivity index (χ4n) is 2.73. The third kappa shape index (κ3) is 6.14. The summed E-state index contributed by atoms with van der Waals surface area (Å²) in [4.78, 5) is 28.4. The number of carbonyl (C=O) groups excluding carboxylic acids is 1. The van der Waals surface area contributed by atoms with Gasteiger partial charge in [0.25, 0.3) is 11.6 Å². The zero-order valence-electron chi connectivity index (χ0n) is 17.1. The smallest absolute Gasteiger partial charge is 0.275 e. The van der Waals surface area contributed by atoms with E-state index in [-0.39, 0.29) is 23.7 Å². The first kappa shape index (κ1) is 21.5. The average molecular weight is 419 g/mol. The number of benzene rings is 3. The third-order valence-electron chi connectivity index (χ3n) is 4.32. The van der Waals surface area contributed by atoms with Gasteiger partial charge in [-0.25, -0.2) is 0 Å². The summed E-state index contributed by atoms with van der Waals surface area (Å²) in [7, 11) is 0. The summed E-state index contributed by atoms with van der Waals surface area (Å²) in [6.45, 7) is 3.39. The maximum atomic E-state index is 12.3. The van der Waals surface area contributed by atoms with Crippen LogP contribution in [0.15, 0.2) is 78.0 Å². The number of para-hydroxylation sites is 1. The Bertz CT molecular complexity index is 1110. The van der Waals surface area contributed by atoms with Crippen molar-refractivity contribution in [3.05, 3.63) is 94.0 Å². The molecule has 0 saturated heterocycles. The van der Waals surface area contributed by atoms with Crippen LogP contribution in [0.2, 0.25) is 0 Å². The normalized spacial score (nSPS) is 11.0. The van der Waals surface area contributed by atoms with Crippen molar-refractivity contribution in [2.24, 2.45) is 5.16 Å². The molecule has 3 aromatic carbocycles. The summed E-state index contributed by atoms with van der Waals surface area (Å²) in [5, 5.41) is 17.9. The van der Waals surface area contributed by atoms with Gasteiger partial charge in [-0.2, -0.15) is 0 Å². The first-order valence-corrected chi connectivity index (χ1v) is 9.47. The standard InChI is InChI=1S/C23H21N3O5/c1-16-8-6-7-11-22(16)30-15-23(27)24-19-12-20(26(28)29)14-21(13-19)31-25-17(2)18-9-4-3-5-10-18/h3-14H,15H2,1-2H3,(H,24,27)/b25-17-. The van der Waals surface area contributed by atoms with Crippen LogP contribution in [0.3, 0.4) is 0 Å². The van der Waals surface area contributed by atoms with Crippen LogP contribution in [0.5, 0.6) is 11.5 Å². The van der Waals surface area contributed by atoms with E-state index in [0.717, 1.165) is 11.1 Å². The van der Waals surface area contributed by atoms with Gasteiger partial charge < -0.3 is 14.9 Å². The van der Waals surface area contributed by atoms with Gasteiger partial charge in [0.15, 0.2) is 12.4 Å². The van der Waals surface area contributed by atoms with Gasteiger partial charge in [0.2, 0.25) is 0 Å². The molecule has 8 heteroatoms. The van der Waals surface area contributed by atoms with Crippen molar-refractivity contribution in [1.82, 2.24) is 0 Å². The van der Waals surface area contributed by atoms with E-state index in [0.29, 0.717) is 11.5 Å². The molecule has 8 nitrogen and oxygen atoms in total. The van der Waals surface area contributed by atoms with Gasteiger partial charge >= 0.3 is 0 Å². The molecule has 0 spiro atoms. The fraction of sp³-hybridized carbons (Fsp3) is 0.130. The van der Waals surface area contributed by atoms with Gasteiger partial charge in [0.1, 0.15) is 5.75 Å². The first-order chi connectivity index (χ1) is 14.9. The number of oxime groups is 1. The Morgan fingerprint density at radius 3 is 2.48 bits per heavy atom. The van der Waals surface area contributed by atoms with Crippen molar-refractivity contribution in [2.45, 2.75) is 13.8 Å². The van der Waals surface area contributed by atoms with Crippen LogP contribution >= 0.6 is 0 Å². The second-order valence-corrected chi connectivity index (χ2v) is 6.71. The second kappa shape index (κ2) is 10.0. The van der Waals surface area contributed by atoms with Crippen molar-refractivity contribution in [3.63, 3.8) is 0 Å². The molecule has 0 aliphatic rings. The number of nitro benzene ring substituents is 1. The van der Waals surface area contributed by atoms with Crippen LogP contribution < -0.4 is 14.9 Å². The Morgan fingerprint density at radius 2 is 1.77 bits per heavy atom. The average Bonchev–Trinajstić information content (AvgIpc) is 2.77. The van der Waals surface area contributed by atoms with E-state index in [1.165, 1.54) is 18.2 Å². The van der Waals surface area contributed by atoms with Gasteiger partial charge in [0, 0.05) is 12.1 Å². The number of aryl methyl sites for hydroxylation is 1. The number of hydrogen-bond acceptors (Lipinski definition) is 6. The number of hydrogen-bond donors (Lipinski definition) is 1. The van der Waals surface area contributed by atoms with Gasteiger partial charge in [-0.1, -0.05) is 53.7 Å². The molecular weight excluding hydrogens is 398 g/mol. The number of non-ortho nitro benzene ring substituents is 1. The first-order valence-electron chi connectivity index (χ1n) is 9.47. The molecule has 0 saturated carbocycles. The summed E-state index contributed by atoms with van der Waals surface area (Å²) in [6, 6.07) is 20.6. The van der Waals surface area contributed by atoms with Crippen LogP contribution in [0.25, 0.3) is 0 Å². The molecule has 31 heavy (non-hydrogen) atoms. The predicted molar refractivity (Wildman–Crippen MR) is 118 cm³/mol. The van der Waals surface area contributed by atoms with E-state index in [1.54, 1.807) is 13.0 Å². The number of rotatable bonds is 8. The van der Waals surface area contributed by atoms with Gasteiger partial charge in [-0.15, -0.1) is 0 Å². The SMILES string of the molecule is C/C(=N/Oc1cc(NC(=O)COc2ccccc2C)cc([N+](=O)[O-])c1)c1ccccc1. The van der Waals surface area contributed by atoms with E-state index in [2.05, 4.69) is 10.5 Å². The zero-order valence-corrected chi connectivity index (χ0v) is 17.1. The topological polar surface area (TPSA) is 103 Å². The summed E-state index contributed by atoms with van der Waals surface area (Å²) in [5.74, 6) is 0.254. The number of carbonyl (C=O) groups is 1. The maximum absolute atomic E-state index is 12.3. The summed E-state index contributed by atoms with van der Waals surface area (Å²) >= 11 is 0. The monoisotopic (exact) mass is 419 g/mol. The van der Waals surface area contributed by atoms with Crippen molar-refractivity contribution < 1.29 is 19.3 Å². The largest absolute Gasteiger partial charge is 0.483 e. The Hall–Kier alpha value is -4.20. The lowest BCUT2D eigenvalue weighted by Crippen LogP contribution is -2.20.